The highest BCUT2D eigenvalue weighted by atomic mass is 35.5. The van der Waals surface area contributed by atoms with Crippen LogP contribution >= 0.6 is 23.9 Å². The van der Waals surface area contributed by atoms with E-state index in [1.54, 1.807) is 6.07 Å². The molecular formula is C20H23ClN4O4S. The highest BCUT2D eigenvalue weighted by molar-refractivity contribution is 7.03. The fraction of sp³-hybridized carbons (Fsp3) is 0.250. The van der Waals surface area contributed by atoms with Crippen LogP contribution in [0.15, 0.2) is 60.0 Å². The summed E-state index contributed by atoms with van der Waals surface area (Å²) >= 11 is 1.25. The second kappa shape index (κ2) is 12.0. The molecule has 3 N–H and O–H groups in total. The lowest BCUT2D eigenvalue weighted by atomic mass is 10.1. The van der Waals surface area contributed by atoms with Crippen LogP contribution in [0.3, 0.4) is 0 Å². The molecule has 1 unspecified atom stereocenters. The van der Waals surface area contributed by atoms with Crippen molar-refractivity contribution in [1.82, 2.24) is 14.5 Å². The summed E-state index contributed by atoms with van der Waals surface area (Å²) in [4.78, 5) is 13.0. The van der Waals surface area contributed by atoms with E-state index < -0.39 is 12.1 Å². The van der Waals surface area contributed by atoms with E-state index in [2.05, 4.69) is 9.59 Å². The lowest BCUT2D eigenvalue weighted by Crippen LogP contribution is -2.44. The molecule has 30 heavy (non-hydrogen) atoms. The molecule has 0 aliphatic heterocycles. The van der Waals surface area contributed by atoms with Gasteiger partial charge in [0.25, 0.3) is 0 Å². The molecule has 1 aromatic heterocycles. The van der Waals surface area contributed by atoms with E-state index in [0.29, 0.717) is 17.2 Å². The number of urea groups is 1. The monoisotopic (exact) mass is 450 g/mol. The molecule has 1 atom stereocenters. The molecule has 3 rings (SSSR count). The maximum atomic E-state index is 11.7. The van der Waals surface area contributed by atoms with E-state index in [0.717, 1.165) is 5.56 Å². The van der Waals surface area contributed by atoms with Crippen molar-refractivity contribution in [3.8, 4) is 22.8 Å². The van der Waals surface area contributed by atoms with Gasteiger partial charge in [0.15, 0.2) is 0 Å². The van der Waals surface area contributed by atoms with Crippen molar-refractivity contribution in [2.75, 3.05) is 26.3 Å². The first kappa shape index (κ1) is 23.4. The summed E-state index contributed by atoms with van der Waals surface area (Å²) in [5, 5.41) is 16.2. The lowest BCUT2D eigenvalue weighted by Gasteiger charge is -2.24. The topological polar surface area (TPSA) is 111 Å². The van der Waals surface area contributed by atoms with E-state index in [1.165, 1.54) is 16.4 Å². The molecule has 0 aliphatic rings. The van der Waals surface area contributed by atoms with Gasteiger partial charge in [0.05, 0.1) is 13.1 Å². The number of aliphatic hydroxyl groups excluding tert-OH is 1. The van der Waals surface area contributed by atoms with Crippen molar-refractivity contribution >= 4 is 30.0 Å². The van der Waals surface area contributed by atoms with Gasteiger partial charge < -0.3 is 25.2 Å². The van der Waals surface area contributed by atoms with Crippen LogP contribution < -0.4 is 15.2 Å². The van der Waals surface area contributed by atoms with Crippen molar-refractivity contribution in [2.24, 2.45) is 5.73 Å². The molecule has 2 aromatic carbocycles. The Hall–Kier alpha value is -2.88. The first-order valence-corrected chi connectivity index (χ1v) is 9.86. The number of rotatable bonds is 10. The Morgan fingerprint density at radius 2 is 1.87 bits per heavy atom. The van der Waals surface area contributed by atoms with Crippen molar-refractivity contribution in [1.29, 1.82) is 0 Å². The quantitative estimate of drug-likeness (QED) is 0.491. The summed E-state index contributed by atoms with van der Waals surface area (Å²) in [6.07, 6.45) is -0.916. The Balaban J connectivity index is 0.00000320. The Labute approximate surface area is 184 Å². The number of aromatic nitrogens is 2. The number of primary amides is 1. The average molecular weight is 451 g/mol. The minimum absolute atomic E-state index is 0. The van der Waals surface area contributed by atoms with E-state index in [-0.39, 0.29) is 38.7 Å². The van der Waals surface area contributed by atoms with Crippen LogP contribution in [0.2, 0.25) is 0 Å². The summed E-state index contributed by atoms with van der Waals surface area (Å²) in [7, 11) is 0. The van der Waals surface area contributed by atoms with Crippen molar-refractivity contribution in [3.05, 3.63) is 60.0 Å². The molecule has 8 nitrogen and oxygen atoms in total. The van der Waals surface area contributed by atoms with Gasteiger partial charge in [-0.25, -0.2) is 4.79 Å². The Bertz CT molecular complexity index is 899. The number of carbonyl (C=O) groups is 1. The lowest BCUT2D eigenvalue weighted by molar-refractivity contribution is 0.0748. The summed E-state index contributed by atoms with van der Waals surface area (Å²) in [5.41, 5.74) is 6.92. The summed E-state index contributed by atoms with van der Waals surface area (Å²) < 4.78 is 15.2. The van der Waals surface area contributed by atoms with Crippen molar-refractivity contribution in [2.45, 2.75) is 6.10 Å². The minimum atomic E-state index is -0.916. The van der Waals surface area contributed by atoms with Crippen LogP contribution in [0.5, 0.6) is 11.5 Å². The smallest absolute Gasteiger partial charge is 0.314 e. The van der Waals surface area contributed by atoms with Gasteiger partial charge in [0.2, 0.25) is 0 Å². The number of aliphatic hydroxyl groups is 1. The Morgan fingerprint density at radius 3 is 2.57 bits per heavy atom. The number of nitrogens with two attached hydrogens (primary N) is 1. The van der Waals surface area contributed by atoms with Crippen LogP contribution in [-0.2, 0) is 0 Å². The zero-order chi connectivity index (χ0) is 20.5. The third kappa shape index (κ3) is 6.87. The molecule has 0 fully saturated rings. The van der Waals surface area contributed by atoms with Crippen molar-refractivity contribution < 1.29 is 19.4 Å². The maximum Gasteiger partial charge on any atom is 0.314 e. The second-order valence-electron chi connectivity index (χ2n) is 6.20. The standard InChI is InChI=1S/C20H22N4O4S.ClH/c21-20(26)24(10-11-27-16-6-2-1-3-7-16)12-15(25)13-28-19-9-5-4-8-17(19)18-14-29-23-22-18;/h1-9,14-15,25H,10-13H2,(H2,21,26);1H. The molecule has 3 aromatic rings. The largest absolute Gasteiger partial charge is 0.492 e. The normalized spacial score (nSPS) is 11.2. The number of ether oxygens (including phenoxy) is 2. The van der Waals surface area contributed by atoms with Crippen molar-refractivity contribution in [3.63, 3.8) is 0 Å². The Morgan fingerprint density at radius 1 is 1.13 bits per heavy atom. The Kier molecular flexibility index (Phi) is 9.33. The zero-order valence-corrected chi connectivity index (χ0v) is 17.7. The summed E-state index contributed by atoms with van der Waals surface area (Å²) in [5.74, 6) is 1.28. The number of para-hydroxylation sites is 2. The first-order valence-electron chi connectivity index (χ1n) is 9.03. The number of hydrogen-bond acceptors (Lipinski definition) is 7. The summed E-state index contributed by atoms with van der Waals surface area (Å²) in [6.45, 7) is 0.550. The van der Waals surface area contributed by atoms with Crippen LogP contribution in [-0.4, -0.2) is 58.0 Å². The highest BCUT2D eigenvalue weighted by Gasteiger charge is 2.17. The fourth-order valence-electron chi connectivity index (χ4n) is 2.66. The SMILES string of the molecule is Cl.NC(=O)N(CCOc1ccccc1)CC(O)COc1ccccc1-c1csnn1. The molecule has 0 aliphatic carbocycles. The third-order valence-corrected chi connectivity index (χ3v) is 4.57. The van der Waals surface area contributed by atoms with Gasteiger partial charge in [-0.3, -0.25) is 0 Å². The maximum absolute atomic E-state index is 11.7. The molecule has 10 heteroatoms. The minimum Gasteiger partial charge on any atom is -0.492 e. The number of halogens is 1. The van der Waals surface area contributed by atoms with Crippen LogP contribution in [0, 0.1) is 0 Å². The van der Waals surface area contributed by atoms with Crippen LogP contribution in [0.25, 0.3) is 11.3 Å². The average Bonchev–Trinajstić information content (AvgIpc) is 3.27. The summed E-state index contributed by atoms with van der Waals surface area (Å²) in [6, 6.07) is 16.0. The van der Waals surface area contributed by atoms with E-state index in [1.807, 2.05) is 53.9 Å². The number of hydrogen-bond donors (Lipinski definition) is 2. The van der Waals surface area contributed by atoms with Crippen LogP contribution in [0.1, 0.15) is 0 Å². The molecule has 1 heterocycles. The molecule has 2 amide bonds. The molecule has 0 saturated carbocycles. The predicted molar refractivity (Wildman–Crippen MR) is 117 cm³/mol. The fourth-order valence-corrected chi connectivity index (χ4v) is 3.12. The van der Waals surface area contributed by atoms with Crippen LogP contribution in [0.4, 0.5) is 4.79 Å². The van der Waals surface area contributed by atoms with Gasteiger partial charge in [0, 0.05) is 10.9 Å². The van der Waals surface area contributed by atoms with Gasteiger partial charge in [-0.05, 0) is 35.8 Å². The molecule has 160 valence electrons. The number of nitrogens with zero attached hydrogens (tertiary/aromatic N) is 3. The van der Waals surface area contributed by atoms with E-state index in [9.17, 15) is 9.90 Å². The van der Waals surface area contributed by atoms with Gasteiger partial charge in [0.1, 0.15) is 36.5 Å². The first-order chi connectivity index (χ1) is 14.1. The number of amides is 2. The number of benzene rings is 2. The van der Waals surface area contributed by atoms with E-state index >= 15 is 0 Å². The molecule has 0 radical (unpaired) electrons. The van der Waals surface area contributed by atoms with E-state index in [4.69, 9.17) is 15.2 Å². The molecule has 0 spiro atoms. The predicted octanol–water partition coefficient (Wildman–Crippen LogP) is 2.83. The third-order valence-electron chi connectivity index (χ3n) is 4.07. The number of carbonyl (C=O) groups excluding carboxylic acids is 1. The van der Waals surface area contributed by atoms with Gasteiger partial charge in [-0.15, -0.1) is 17.5 Å². The van der Waals surface area contributed by atoms with Gasteiger partial charge in [-0.1, -0.05) is 34.8 Å². The zero-order valence-electron chi connectivity index (χ0n) is 16.1. The molecule has 0 saturated heterocycles. The molecular weight excluding hydrogens is 428 g/mol. The van der Waals surface area contributed by atoms with Gasteiger partial charge >= 0.3 is 6.03 Å². The highest BCUT2D eigenvalue weighted by Crippen LogP contribution is 2.28. The van der Waals surface area contributed by atoms with Gasteiger partial charge in [-0.2, -0.15) is 0 Å². The second-order valence-corrected chi connectivity index (χ2v) is 6.81. The molecule has 0 bridgehead atoms.